The number of nitrogens with zero attached hydrogens (tertiary/aromatic N) is 3. The molecule has 5 aromatic rings. The molecule has 198 valence electrons. The first-order valence-electron chi connectivity index (χ1n) is 12.5. The van der Waals surface area contributed by atoms with Gasteiger partial charge >= 0.3 is 0 Å². The van der Waals surface area contributed by atoms with Crippen LogP contribution in [0.5, 0.6) is 23.0 Å². The van der Waals surface area contributed by atoms with Gasteiger partial charge in [-0.3, -0.25) is 4.79 Å². The van der Waals surface area contributed by atoms with Gasteiger partial charge in [0.25, 0.3) is 5.91 Å². The van der Waals surface area contributed by atoms with Crippen molar-refractivity contribution in [1.82, 2.24) is 19.9 Å². The first kappa shape index (κ1) is 24.4. The van der Waals surface area contributed by atoms with Crippen molar-refractivity contribution in [1.29, 1.82) is 0 Å². The summed E-state index contributed by atoms with van der Waals surface area (Å²) in [6.07, 6.45) is 0.594. The first-order chi connectivity index (χ1) is 19.1. The van der Waals surface area contributed by atoms with E-state index in [1.807, 2.05) is 65.2 Å². The number of aromatic nitrogens is 3. The molecule has 1 amide bonds. The maximum atomic E-state index is 13.5. The number of para-hydroxylation sites is 2. The van der Waals surface area contributed by atoms with E-state index in [2.05, 4.69) is 5.32 Å². The normalized spacial score (nSPS) is 12.2. The third-order valence-electron chi connectivity index (χ3n) is 6.74. The number of carbonyl (C=O) groups excluding carboxylic acids is 1. The Labute approximate surface area is 224 Å². The molecular weight excluding hydrogens is 498 g/mol. The van der Waals surface area contributed by atoms with Crippen LogP contribution in [-0.2, 0) is 13.0 Å². The van der Waals surface area contributed by atoms with Gasteiger partial charge in [0.15, 0.2) is 28.6 Å². The summed E-state index contributed by atoms with van der Waals surface area (Å²) in [4.78, 5) is 23.1. The molecule has 0 spiro atoms. The molecule has 10 heteroatoms. The van der Waals surface area contributed by atoms with Crippen molar-refractivity contribution >= 4 is 33.9 Å². The highest BCUT2D eigenvalue weighted by Gasteiger charge is 2.24. The fourth-order valence-corrected chi connectivity index (χ4v) is 4.77. The molecule has 3 aromatic carbocycles. The van der Waals surface area contributed by atoms with Crippen LogP contribution in [0.25, 0.3) is 22.2 Å². The van der Waals surface area contributed by atoms with Crippen LogP contribution in [0, 0.1) is 0 Å². The maximum Gasteiger partial charge on any atom is 0.257 e. The van der Waals surface area contributed by atoms with E-state index < -0.39 is 0 Å². The number of nitrogen functional groups attached to an aromatic ring is 1. The average molecular weight is 526 g/mol. The Kier molecular flexibility index (Phi) is 6.28. The van der Waals surface area contributed by atoms with E-state index in [4.69, 9.17) is 34.6 Å². The molecule has 1 aliphatic rings. The van der Waals surface area contributed by atoms with Crippen molar-refractivity contribution < 1.29 is 23.7 Å². The van der Waals surface area contributed by atoms with E-state index in [1.54, 1.807) is 14.2 Å². The number of hydrogen-bond acceptors (Lipinski definition) is 8. The summed E-state index contributed by atoms with van der Waals surface area (Å²) in [5, 5.41) is 3.00. The van der Waals surface area contributed by atoms with Gasteiger partial charge in [-0.15, -0.1) is 0 Å². The van der Waals surface area contributed by atoms with Crippen LogP contribution in [0.1, 0.15) is 21.5 Å². The number of carbonyl (C=O) groups is 1. The van der Waals surface area contributed by atoms with Gasteiger partial charge in [0.1, 0.15) is 16.9 Å². The summed E-state index contributed by atoms with van der Waals surface area (Å²) in [7, 11) is 3.19. The molecule has 6 rings (SSSR count). The Morgan fingerprint density at radius 3 is 2.49 bits per heavy atom. The van der Waals surface area contributed by atoms with Gasteiger partial charge in [-0.05, 0) is 53.9 Å². The van der Waals surface area contributed by atoms with Gasteiger partial charge in [-0.2, -0.15) is 0 Å². The van der Waals surface area contributed by atoms with Gasteiger partial charge in [0.2, 0.25) is 6.79 Å². The van der Waals surface area contributed by atoms with Crippen LogP contribution < -0.4 is 30.0 Å². The van der Waals surface area contributed by atoms with Crippen LogP contribution in [-0.4, -0.2) is 48.0 Å². The lowest BCUT2D eigenvalue weighted by Gasteiger charge is -2.10. The second-order valence-corrected chi connectivity index (χ2v) is 9.11. The molecule has 0 aliphatic carbocycles. The molecule has 0 bridgehead atoms. The van der Waals surface area contributed by atoms with Crippen molar-refractivity contribution in [3.63, 3.8) is 0 Å². The van der Waals surface area contributed by atoms with Gasteiger partial charge in [-0.1, -0.05) is 24.3 Å². The molecule has 0 fully saturated rings. The minimum absolute atomic E-state index is 0.193. The monoisotopic (exact) mass is 525 g/mol. The third kappa shape index (κ3) is 4.50. The maximum absolute atomic E-state index is 13.5. The molecule has 2 aromatic heterocycles. The number of anilines is 1. The van der Waals surface area contributed by atoms with Crippen molar-refractivity contribution in [2.45, 2.75) is 13.0 Å². The predicted molar refractivity (Wildman–Crippen MR) is 147 cm³/mol. The first-order valence-corrected chi connectivity index (χ1v) is 12.5. The Bertz CT molecular complexity index is 1710. The molecule has 39 heavy (non-hydrogen) atoms. The van der Waals surface area contributed by atoms with Crippen molar-refractivity contribution in [3.8, 4) is 23.0 Å². The SMILES string of the molecule is COc1ccc(CCNC(=O)c2c(N)n(Cc3ccc4c(c3)OCO4)c3nc4ccccc4nc23)cc1OC. The van der Waals surface area contributed by atoms with E-state index in [0.717, 1.165) is 16.6 Å². The summed E-state index contributed by atoms with van der Waals surface area (Å²) >= 11 is 0. The Morgan fingerprint density at radius 2 is 1.69 bits per heavy atom. The number of nitrogens with one attached hydrogen (secondary N) is 1. The number of benzene rings is 3. The molecule has 0 saturated heterocycles. The molecular formula is C29H27N5O5. The van der Waals surface area contributed by atoms with E-state index in [9.17, 15) is 4.79 Å². The Morgan fingerprint density at radius 1 is 0.949 bits per heavy atom. The predicted octanol–water partition coefficient (Wildman–Crippen LogP) is 3.93. The average Bonchev–Trinajstić information content (AvgIpc) is 3.53. The highest BCUT2D eigenvalue weighted by atomic mass is 16.7. The summed E-state index contributed by atoms with van der Waals surface area (Å²) in [6, 6.07) is 18.9. The van der Waals surface area contributed by atoms with Crippen LogP contribution in [0.3, 0.4) is 0 Å². The number of fused-ring (bicyclic) bond motifs is 3. The largest absolute Gasteiger partial charge is 0.493 e. The quantitative estimate of drug-likeness (QED) is 0.312. The van der Waals surface area contributed by atoms with Gasteiger partial charge in [0, 0.05) is 6.54 Å². The van der Waals surface area contributed by atoms with Crippen LogP contribution in [0.15, 0.2) is 60.7 Å². The second kappa shape index (κ2) is 10.1. The zero-order valence-corrected chi connectivity index (χ0v) is 21.6. The van der Waals surface area contributed by atoms with Gasteiger partial charge in [-0.25, -0.2) is 9.97 Å². The number of amides is 1. The second-order valence-electron chi connectivity index (χ2n) is 9.11. The zero-order valence-electron chi connectivity index (χ0n) is 21.6. The smallest absolute Gasteiger partial charge is 0.257 e. The molecule has 0 radical (unpaired) electrons. The topological polar surface area (TPSA) is 123 Å². The summed E-state index contributed by atoms with van der Waals surface area (Å²) in [5.74, 6) is 2.64. The lowest BCUT2D eigenvalue weighted by Crippen LogP contribution is -2.26. The molecule has 3 N–H and O–H groups in total. The van der Waals surface area contributed by atoms with Gasteiger partial charge < -0.3 is 34.6 Å². The van der Waals surface area contributed by atoms with Crippen molar-refractivity contribution in [2.75, 3.05) is 33.3 Å². The molecule has 0 unspecified atom stereocenters. The summed E-state index contributed by atoms with van der Waals surface area (Å²) in [6.45, 7) is 0.965. The van der Waals surface area contributed by atoms with Crippen LogP contribution in [0.4, 0.5) is 5.82 Å². The number of ether oxygens (including phenoxy) is 4. The highest BCUT2D eigenvalue weighted by Crippen LogP contribution is 2.34. The lowest BCUT2D eigenvalue weighted by atomic mass is 10.1. The fraction of sp³-hybridized carbons (Fsp3) is 0.207. The standard InChI is InChI=1S/C29H27N5O5/c1-36-21-9-7-17(13-23(21)37-2)11-12-31-29(35)25-26-28(33-20-6-4-3-5-19(20)32-26)34(27(25)30)15-18-8-10-22-24(14-18)39-16-38-22/h3-10,13-14H,11-12,15-16,30H2,1-2H3,(H,31,35). The highest BCUT2D eigenvalue weighted by molar-refractivity contribution is 6.10. The molecule has 0 saturated carbocycles. The lowest BCUT2D eigenvalue weighted by molar-refractivity contribution is 0.0956. The van der Waals surface area contributed by atoms with Crippen molar-refractivity contribution in [3.05, 3.63) is 77.4 Å². The Balaban J connectivity index is 1.32. The molecule has 10 nitrogen and oxygen atoms in total. The number of hydrogen-bond donors (Lipinski definition) is 2. The minimum Gasteiger partial charge on any atom is -0.493 e. The summed E-state index contributed by atoms with van der Waals surface area (Å²) < 4.78 is 23.5. The molecule has 1 aliphatic heterocycles. The molecule has 0 atom stereocenters. The van der Waals surface area contributed by atoms with Crippen molar-refractivity contribution in [2.24, 2.45) is 0 Å². The Hall–Kier alpha value is -4.99. The van der Waals surface area contributed by atoms with E-state index in [1.165, 1.54) is 0 Å². The minimum atomic E-state index is -0.313. The van der Waals surface area contributed by atoms with E-state index in [0.29, 0.717) is 70.6 Å². The third-order valence-corrected chi connectivity index (χ3v) is 6.74. The number of nitrogens with two attached hydrogens (primary N) is 1. The summed E-state index contributed by atoms with van der Waals surface area (Å²) in [5.41, 5.74) is 11.2. The van der Waals surface area contributed by atoms with Crippen LogP contribution >= 0.6 is 0 Å². The van der Waals surface area contributed by atoms with Gasteiger partial charge in [0.05, 0.1) is 31.8 Å². The van der Waals surface area contributed by atoms with E-state index >= 15 is 0 Å². The number of methoxy groups -OCH3 is 2. The number of rotatable bonds is 8. The molecule has 3 heterocycles. The zero-order chi connectivity index (χ0) is 26.9. The van der Waals surface area contributed by atoms with E-state index in [-0.39, 0.29) is 12.7 Å². The van der Waals surface area contributed by atoms with Crippen LogP contribution in [0.2, 0.25) is 0 Å². The fourth-order valence-electron chi connectivity index (χ4n) is 4.77.